The predicted molar refractivity (Wildman–Crippen MR) is 158 cm³/mol. The van der Waals surface area contributed by atoms with E-state index in [9.17, 15) is 14.7 Å². The van der Waals surface area contributed by atoms with Gasteiger partial charge in [-0.15, -0.1) is 0 Å². The normalized spacial score (nSPS) is 15.3. The number of aromatic nitrogens is 3. The summed E-state index contributed by atoms with van der Waals surface area (Å²) in [6.07, 6.45) is 2.99. The summed E-state index contributed by atoms with van der Waals surface area (Å²) < 4.78 is 18.9. The topological polar surface area (TPSA) is 128 Å². The molecule has 0 saturated carbocycles. The number of rotatable bonds is 8. The molecule has 1 atom stereocenters. The Morgan fingerprint density at radius 3 is 2.43 bits per heavy atom. The molecule has 2 aromatic carbocycles. The highest BCUT2D eigenvalue weighted by Gasteiger charge is 2.29. The quantitative estimate of drug-likeness (QED) is 0.269. The summed E-state index contributed by atoms with van der Waals surface area (Å²) in [7, 11) is 1.63. The monoisotopic (exact) mass is 573 g/mol. The second-order valence-electron chi connectivity index (χ2n) is 11.2. The minimum Gasteiger partial charge on any atom is -0.497 e. The van der Waals surface area contributed by atoms with Crippen molar-refractivity contribution in [2.45, 2.75) is 51.8 Å². The van der Waals surface area contributed by atoms with E-state index in [1.54, 1.807) is 36.4 Å². The van der Waals surface area contributed by atoms with Gasteiger partial charge in [-0.3, -0.25) is 0 Å². The summed E-state index contributed by atoms with van der Waals surface area (Å²) in [5, 5.41) is 18.4. The number of pyridine rings is 1. The van der Waals surface area contributed by atoms with Crippen LogP contribution in [0.25, 0.3) is 11.0 Å². The van der Waals surface area contributed by atoms with Crippen LogP contribution in [-0.4, -0.2) is 68.7 Å². The Kier molecular flexibility index (Phi) is 8.19. The molecular weight excluding hydrogens is 538 g/mol. The molecule has 42 heavy (non-hydrogen) atoms. The van der Waals surface area contributed by atoms with Gasteiger partial charge >= 0.3 is 12.1 Å². The Morgan fingerprint density at radius 1 is 1.05 bits per heavy atom. The second-order valence-corrected chi connectivity index (χ2v) is 11.2. The minimum atomic E-state index is -1.01. The van der Waals surface area contributed by atoms with Crippen LogP contribution >= 0.6 is 0 Å². The van der Waals surface area contributed by atoms with Crippen LogP contribution in [0.1, 0.15) is 49.5 Å². The predicted octanol–water partition coefficient (Wildman–Crippen LogP) is 5.79. The number of anilines is 1. The van der Waals surface area contributed by atoms with E-state index in [2.05, 4.69) is 10.3 Å². The van der Waals surface area contributed by atoms with E-state index < -0.39 is 11.6 Å². The number of hydrogen-bond acceptors (Lipinski definition) is 8. The van der Waals surface area contributed by atoms with E-state index >= 15 is 0 Å². The molecular formula is C31H35N5O6. The molecule has 0 bridgehead atoms. The first-order chi connectivity index (χ1) is 20.1. The highest BCUT2D eigenvalue weighted by Crippen LogP contribution is 2.35. The molecule has 1 amide bonds. The van der Waals surface area contributed by atoms with Crippen molar-refractivity contribution in [1.82, 2.24) is 19.7 Å². The first-order valence-corrected chi connectivity index (χ1v) is 13.8. The van der Waals surface area contributed by atoms with Gasteiger partial charge in [0.05, 0.1) is 19.2 Å². The lowest BCUT2D eigenvalue weighted by Crippen LogP contribution is -2.47. The lowest BCUT2D eigenvalue weighted by molar-refractivity contribution is 0.0206. The maximum Gasteiger partial charge on any atom is 0.410 e. The Bertz CT molecular complexity index is 1560. The van der Waals surface area contributed by atoms with Crippen molar-refractivity contribution in [3.8, 4) is 17.2 Å². The Morgan fingerprint density at radius 2 is 1.76 bits per heavy atom. The zero-order valence-corrected chi connectivity index (χ0v) is 24.2. The van der Waals surface area contributed by atoms with E-state index in [-0.39, 0.29) is 17.7 Å². The van der Waals surface area contributed by atoms with Crippen LogP contribution in [0.2, 0.25) is 0 Å². The van der Waals surface area contributed by atoms with Crippen LogP contribution in [0.15, 0.2) is 60.8 Å². The molecule has 0 aliphatic carbocycles. The van der Waals surface area contributed by atoms with Gasteiger partial charge in [0.25, 0.3) is 0 Å². The highest BCUT2D eigenvalue weighted by atomic mass is 16.6. The number of carbonyl (C=O) groups excluding carboxylic acids is 1. The zero-order chi connectivity index (χ0) is 29.9. The van der Waals surface area contributed by atoms with Gasteiger partial charge in [-0.2, -0.15) is 5.10 Å². The van der Waals surface area contributed by atoms with Crippen molar-refractivity contribution in [3.05, 3.63) is 71.9 Å². The first-order valence-electron chi connectivity index (χ1n) is 13.8. The number of methoxy groups -OCH3 is 1. The molecule has 4 aromatic rings. The van der Waals surface area contributed by atoms with Crippen LogP contribution in [0.4, 0.5) is 10.6 Å². The average Bonchev–Trinajstić information content (AvgIpc) is 3.30. The van der Waals surface area contributed by atoms with Gasteiger partial charge in [-0.05, 0) is 75.6 Å². The number of aromatic carboxylic acids is 1. The molecule has 3 heterocycles. The Labute approximate surface area is 244 Å². The Balaban J connectivity index is 1.47. The summed E-state index contributed by atoms with van der Waals surface area (Å²) >= 11 is 0. The van der Waals surface area contributed by atoms with E-state index in [4.69, 9.17) is 19.3 Å². The Hall–Kier alpha value is -4.80. The molecule has 11 heteroatoms. The van der Waals surface area contributed by atoms with E-state index in [1.807, 2.05) is 49.7 Å². The molecule has 11 nitrogen and oxygen atoms in total. The fourth-order valence-electron chi connectivity index (χ4n) is 4.84. The van der Waals surface area contributed by atoms with E-state index in [1.165, 1.54) is 12.1 Å². The SMILES string of the molecule is COc1ccc(Cn2nc(N[C@@H]3CCCN(C(=O)OC(C)(C)C)C3)c3c(Oc4ccc(C(=O)O)cc4)ccnc32)cc1. The van der Waals surface area contributed by atoms with Gasteiger partial charge < -0.3 is 29.5 Å². The lowest BCUT2D eigenvalue weighted by atomic mass is 10.1. The summed E-state index contributed by atoms with van der Waals surface area (Å²) in [4.78, 5) is 30.4. The number of nitrogens with one attached hydrogen (secondary N) is 1. The van der Waals surface area contributed by atoms with Crippen LogP contribution in [0.3, 0.4) is 0 Å². The molecule has 1 aliphatic heterocycles. The second kappa shape index (κ2) is 12.0. The molecule has 2 N–H and O–H groups in total. The van der Waals surface area contributed by atoms with Crippen molar-refractivity contribution in [3.63, 3.8) is 0 Å². The molecule has 0 unspecified atom stereocenters. The van der Waals surface area contributed by atoms with E-state index in [0.29, 0.717) is 48.0 Å². The summed E-state index contributed by atoms with van der Waals surface area (Å²) in [5.74, 6) is 1.34. The third kappa shape index (κ3) is 6.73. The van der Waals surface area contributed by atoms with E-state index in [0.717, 1.165) is 24.2 Å². The average molecular weight is 574 g/mol. The zero-order valence-electron chi connectivity index (χ0n) is 24.2. The van der Waals surface area contributed by atoms with Crippen LogP contribution in [0, 0.1) is 0 Å². The maximum absolute atomic E-state index is 12.8. The van der Waals surface area contributed by atoms with Crippen molar-refractivity contribution in [1.29, 1.82) is 0 Å². The number of hydrogen-bond donors (Lipinski definition) is 2. The van der Waals surface area contributed by atoms with Gasteiger partial charge in [0.15, 0.2) is 11.5 Å². The first kappa shape index (κ1) is 28.7. The number of piperidine rings is 1. The van der Waals surface area contributed by atoms with Crippen molar-refractivity contribution >= 4 is 28.9 Å². The maximum atomic E-state index is 12.8. The molecule has 220 valence electrons. The number of carboxylic acids is 1. The number of likely N-dealkylation sites (tertiary alicyclic amines) is 1. The number of carbonyl (C=O) groups is 2. The third-order valence-electron chi connectivity index (χ3n) is 6.83. The van der Waals surface area contributed by atoms with Crippen molar-refractivity contribution < 1.29 is 28.9 Å². The number of nitrogens with zero attached hydrogens (tertiary/aromatic N) is 4. The molecule has 0 spiro atoms. The fourth-order valence-corrected chi connectivity index (χ4v) is 4.84. The highest BCUT2D eigenvalue weighted by molar-refractivity contribution is 5.94. The van der Waals surface area contributed by atoms with Crippen LogP contribution in [-0.2, 0) is 11.3 Å². The van der Waals surface area contributed by atoms with Gasteiger partial charge in [0.1, 0.15) is 28.2 Å². The molecule has 0 radical (unpaired) electrons. The van der Waals surface area contributed by atoms with Crippen molar-refractivity contribution in [2.75, 3.05) is 25.5 Å². The van der Waals surface area contributed by atoms with Gasteiger partial charge in [0, 0.05) is 31.4 Å². The molecule has 1 fully saturated rings. The number of benzene rings is 2. The van der Waals surface area contributed by atoms with Gasteiger partial charge in [-0.25, -0.2) is 19.3 Å². The lowest BCUT2D eigenvalue weighted by Gasteiger charge is -2.34. The smallest absolute Gasteiger partial charge is 0.410 e. The minimum absolute atomic E-state index is 0.0679. The third-order valence-corrected chi connectivity index (χ3v) is 6.83. The van der Waals surface area contributed by atoms with Crippen LogP contribution in [0.5, 0.6) is 17.2 Å². The molecule has 5 rings (SSSR count). The number of carboxylic acid groups (broad SMARTS) is 1. The number of ether oxygens (including phenoxy) is 3. The standard InChI is InChI=1S/C31H35N5O6/c1-31(2,3)42-30(39)35-17-5-6-22(19-35)33-27-26-25(41-24-13-9-21(10-14-24)29(37)38)15-16-32-28(26)36(34-27)18-20-7-11-23(40-4)12-8-20/h7-16,22H,5-6,17-19H2,1-4H3,(H,33,34)(H,37,38)/t22-/m1/s1. The summed E-state index contributed by atoms with van der Waals surface area (Å²) in [6.45, 7) is 7.12. The van der Waals surface area contributed by atoms with Crippen molar-refractivity contribution in [2.24, 2.45) is 0 Å². The summed E-state index contributed by atoms with van der Waals surface area (Å²) in [6, 6.07) is 15.7. The van der Waals surface area contributed by atoms with Gasteiger partial charge in [-0.1, -0.05) is 12.1 Å². The van der Waals surface area contributed by atoms with Crippen LogP contribution < -0.4 is 14.8 Å². The molecule has 1 aliphatic rings. The van der Waals surface area contributed by atoms with Gasteiger partial charge in [0.2, 0.25) is 0 Å². The molecule has 2 aromatic heterocycles. The number of fused-ring (bicyclic) bond motifs is 1. The largest absolute Gasteiger partial charge is 0.497 e. The number of amides is 1. The molecule has 1 saturated heterocycles. The summed E-state index contributed by atoms with van der Waals surface area (Å²) in [5.41, 5.74) is 1.23. The fraction of sp³-hybridized carbons (Fsp3) is 0.355.